The fourth-order valence-electron chi connectivity index (χ4n) is 11.3. The summed E-state index contributed by atoms with van der Waals surface area (Å²) in [5.74, 6) is 0. The number of furan rings is 2. The highest BCUT2D eigenvalue weighted by molar-refractivity contribution is 6.12. The van der Waals surface area contributed by atoms with Gasteiger partial charge in [-0.1, -0.05) is 166 Å². The molecule has 0 atom stereocenters. The number of anilines is 6. The zero-order valence-electron chi connectivity index (χ0n) is 39.3. The number of hydrogen-bond donors (Lipinski definition) is 0. The van der Waals surface area contributed by atoms with Crippen LogP contribution in [0.1, 0.15) is 25.0 Å². The molecule has 0 amide bonds. The Hall–Kier alpha value is -9.12. The molecule has 0 bridgehead atoms. The van der Waals surface area contributed by atoms with Gasteiger partial charge in [-0.3, -0.25) is 0 Å². The Morgan fingerprint density at radius 3 is 1.27 bits per heavy atom. The van der Waals surface area contributed by atoms with Gasteiger partial charge in [0.1, 0.15) is 22.3 Å². The Morgan fingerprint density at radius 2 is 0.704 bits per heavy atom. The molecule has 336 valence electrons. The SMILES string of the molecule is CC1(C)c2cc(N(c3ccc(-c4ccccc4)cc3)c3ccc4oc5ccccc5c4c3)ccc2-c2c1cc(N(c1ccc(-c3ccccc3)cc1)c1ccc3oc4ccccc4c3c1)c1ccccc21. The molecule has 1 aliphatic carbocycles. The predicted molar refractivity (Wildman–Crippen MR) is 296 cm³/mol. The molecular formula is C67H46N2O2. The normalized spacial score (nSPS) is 12.8. The summed E-state index contributed by atoms with van der Waals surface area (Å²) in [4.78, 5) is 4.84. The van der Waals surface area contributed by atoms with E-state index in [0.717, 1.165) is 78.0 Å². The van der Waals surface area contributed by atoms with Gasteiger partial charge in [-0.25, -0.2) is 0 Å². The molecule has 0 spiro atoms. The van der Waals surface area contributed by atoms with Gasteiger partial charge in [-0.05, 0) is 141 Å². The van der Waals surface area contributed by atoms with Crippen LogP contribution < -0.4 is 9.80 Å². The van der Waals surface area contributed by atoms with Crippen LogP contribution >= 0.6 is 0 Å². The maximum absolute atomic E-state index is 6.37. The summed E-state index contributed by atoms with van der Waals surface area (Å²) in [5, 5.41) is 6.81. The third kappa shape index (κ3) is 6.60. The average Bonchev–Trinajstić information content (AvgIpc) is 4.06. The third-order valence-corrected chi connectivity index (χ3v) is 14.8. The molecule has 0 radical (unpaired) electrons. The Kier molecular flexibility index (Phi) is 9.21. The van der Waals surface area contributed by atoms with Crippen LogP contribution in [0.3, 0.4) is 0 Å². The lowest BCUT2D eigenvalue weighted by atomic mass is 9.81. The Balaban J connectivity index is 0.942. The molecular weight excluding hydrogens is 865 g/mol. The van der Waals surface area contributed by atoms with Crippen LogP contribution in [0.2, 0.25) is 0 Å². The highest BCUT2D eigenvalue weighted by atomic mass is 16.3. The van der Waals surface area contributed by atoms with Gasteiger partial charge in [-0.2, -0.15) is 0 Å². The van der Waals surface area contributed by atoms with Crippen molar-refractivity contribution in [2.24, 2.45) is 0 Å². The molecule has 11 aromatic carbocycles. The molecule has 13 aromatic rings. The van der Waals surface area contributed by atoms with E-state index in [1.807, 2.05) is 18.2 Å². The van der Waals surface area contributed by atoms with E-state index in [0.29, 0.717) is 0 Å². The van der Waals surface area contributed by atoms with Crippen LogP contribution in [0.4, 0.5) is 34.1 Å². The van der Waals surface area contributed by atoms with E-state index in [9.17, 15) is 0 Å². The van der Waals surface area contributed by atoms with Crippen molar-refractivity contribution < 1.29 is 8.83 Å². The first-order valence-corrected chi connectivity index (χ1v) is 24.4. The molecule has 0 unspecified atom stereocenters. The molecule has 2 heterocycles. The molecule has 0 saturated carbocycles. The Labute approximate surface area is 411 Å². The molecule has 14 rings (SSSR count). The molecule has 0 fully saturated rings. The van der Waals surface area contributed by atoms with Crippen molar-refractivity contribution in [2.45, 2.75) is 19.3 Å². The minimum Gasteiger partial charge on any atom is -0.456 e. The molecule has 71 heavy (non-hydrogen) atoms. The van der Waals surface area contributed by atoms with Crippen molar-refractivity contribution in [1.82, 2.24) is 0 Å². The van der Waals surface area contributed by atoms with Crippen molar-refractivity contribution >= 4 is 88.8 Å². The van der Waals surface area contributed by atoms with E-state index in [1.54, 1.807) is 0 Å². The average molecular weight is 911 g/mol. The van der Waals surface area contributed by atoms with E-state index in [2.05, 4.69) is 248 Å². The van der Waals surface area contributed by atoms with Crippen LogP contribution in [0.25, 0.3) is 88.0 Å². The van der Waals surface area contributed by atoms with Crippen molar-refractivity contribution in [1.29, 1.82) is 0 Å². The van der Waals surface area contributed by atoms with E-state index in [1.165, 1.54) is 55.3 Å². The lowest BCUT2D eigenvalue weighted by Crippen LogP contribution is -2.18. The van der Waals surface area contributed by atoms with Gasteiger partial charge < -0.3 is 18.6 Å². The topological polar surface area (TPSA) is 32.8 Å². The minimum absolute atomic E-state index is 0.361. The van der Waals surface area contributed by atoms with E-state index in [4.69, 9.17) is 8.83 Å². The summed E-state index contributed by atoms with van der Waals surface area (Å²) in [6, 6.07) is 87.6. The van der Waals surface area contributed by atoms with Gasteiger partial charge in [0, 0.05) is 60.8 Å². The summed E-state index contributed by atoms with van der Waals surface area (Å²) < 4.78 is 12.7. The fraction of sp³-hybridized carbons (Fsp3) is 0.0448. The van der Waals surface area contributed by atoms with E-state index >= 15 is 0 Å². The van der Waals surface area contributed by atoms with Gasteiger partial charge in [0.25, 0.3) is 0 Å². The van der Waals surface area contributed by atoms with Gasteiger partial charge >= 0.3 is 0 Å². The molecule has 4 nitrogen and oxygen atoms in total. The number of fused-ring (bicyclic) bond motifs is 11. The summed E-state index contributed by atoms with van der Waals surface area (Å²) in [5.41, 5.74) is 19.5. The first kappa shape index (κ1) is 40.9. The maximum atomic E-state index is 6.37. The summed E-state index contributed by atoms with van der Waals surface area (Å²) in [6.45, 7) is 4.79. The predicted octanol–water partition coefficient (Wildman–Crippen LogP) is 19.2. The van der Waals surface area contributed by atoms with Gasteiger partial charge in [-0.15, -0.1) is 0 Å². The lowest BCUT2D eigenvalue weighted by Gasteiger charge is -2.30. The smallest absolute Gasteiger partial charge is 0.135 e. The quantitative estimate of drug-likeness (QED) is 0.152. The van der Waals surface area contributed by atoms with Gasteiger partial charge in [0.15, 0.2) is 0 Å². The fourth-order valence-corrected chi connectivity index (χ4v) is 11.3. The van der Waals surface area contributed by atoms with Crippen LogP contribution in [0.5, 0.6) is 0 Å². The molecule has 0 saturated heterocycles. The Morgan fingerprint density at radius 1 is 0.296 bits per heavy atom. The summed E-state index contributed by atoms with van der Waals surface area (Å²) >= 11 is 0. The van der Waals surface area contributed by atoms with Crippen molar-refractivity contribution in [3.63, 3.8) is 0 Å². The standard InChI is InChI=1S/C67H46N2O2/c1-67(2)59-41-51(68(47-29-25-45(26-30-47)43-15-5-3-6-16-43)49-34-37-64-57(39-49)53-20-11-13-23-62(53)70-64)33-36-56(59)66-55-22-10-9-19-52(55)61(42-60(66)67)69(48-31-27-46(28-32-48)44-17-7-4-8-18-44)50-35-38-65-58(40-50)54-21-12-14-24-63(54)71-65/h3-42H,1-2H3. The molecule has 0 aliphatic heterocycles. The van der Waals surface area contributed by atoms with Crippen LogP contribution in [-0.2, 0) is 5.41 Å². The zero-order valence-corrected chi connectivity index (χ0v) is 39.3. The summed E-state index contributed by atoms with van der Waals surface area (Å²) in [7, 11) is 0. The second kappa shape index (κ2) is 16.0. The number of benzene rings is 11. The number of hydrogen-bond acceptors (Lipinski definition) is 4. The number of para-hydroxylation sites is 2. The Bertz CT molecular complexity index is 4190. The minimum atomic E-state index is -0.361. The van der Waals surface area contributed by atoms with Crippen molar-refractivity contribution in [3.05, 3.63) is 254 Å². The molecule has 1 aliphatic rings. The second-order valence-corrected chi connectivity index (χ2v) is 19.3. The molecule has 0 N–H and O–H groups in total. The van der Waals surface area contributed by atoms with E-state index < -0.39 is 0 Å². The van der Waals surface area contributed by atoms with Crippen molar-refractivity contribution in [3.8, 4) is 33.4 Å². The van der Waals surface area contributed by atoms with Gasteiger partial charge in [0.2, 0.25) is 0 Å². The zero-order chi connectivity index (χ0) is 47.2. The number of nitrogens with zero attached hydrogens (tertiary/aromatic N) is 2. The lowest BCUT2D eigenvalue weighted by molar-refractivity contribution is 0.661. The van der Waals surface area contributed by atoms with Crippen LogP contribution in [0, 0.1) is 0 Å². The molecule has 2 aromatic heterocycles. The summed E-state index contributed by atoms with van der Waals surface area (Å²) in [6.07, 6.45) is 0. The molecule has 4 heteroatoms. The second-order valence-electron chi connectivity index (χ2n) is 19.3. The first-order valence-electron chi connectivity index (χ1n) is 24.4. The van der Waals surface area contributed by atoms with Crippen LogP contribution in [0.15, 0.2) is 251 Å². The first-order chi connectivity index (χ1) is 34.9. The highest BCUT2D eigenvalue weighted by Gasteiger charge is 2.39. The van der Waals surface area contributed by atoms with Crippen LogP contribution in [-0.4, -0.2) is 0 Å². The number of rotatable bonds is 8. The monoisotopic (exact) mass is 910 g/mol. The maximum Gasteiger partial charge on any atom is 0.135 e. The van der Waals surface area contributed by atoms with Gasteiger partial charge in [0.05, 0.1) is 5.69 Å². The highest BCUT2D eigenvalue weighted by Crippen LogP contribution is 2.56. The largest absolute Gasteiger partial charge is 0.456 e. The van der Waals surface area contributed by atoms with Crippen molar-refractivity contribution in [2.75, 3.05) is 9.80 Å². The third-order valence-electron chi connectivity index (χ3n) is 14.8. The van der Waals surface area contributed by atoms with E-state index in [-0.39, 0.29) is 5.41 Å².